The third-order valence-corrected chi connectivity index (χ3v) is 3.75. The molecule has 0 spiro atoms. The number of hydrogen-bond donors (Lipinski definition) is 0. The van der Waals surface area contributed by atoms with Gasteiger partial charge < -0.3 is 0 Å². The maximum absolute atomic E-state index is 11.1. The van der Waals surface area contributed by atoms with Crippen LogP contribution in [0.3, 0.4) is 0 Å². The van der Waals surface area contributed by atoms with Crippen molar-refractivity contribution in [2.75, 3.05) is 23.8 Å². The molecule has 0 fully saturated rings. The highest BCUT2D eigenvalue weighted by Crippen LogP contribution is 2.02. The van der Waals surface area contributed by atoms with Crippen LogP contribution < -0.4 is 0 Å². The number of halogens is 1. The van der Waals surface area contributed by atoms with E-state index < -0.39 is 10.0 Å². The minimum absolute atomic E-state index is 0.583. The van der Waals surface area contributed by atoms with Crippen molar-refractivity contribution in [1.82, 2.24) is 4.31 Å². The van der Waals surface area contributed by atoms with Crippen LogP contribution in [0.5, 0.6) is 0 Å². The minimum atomic E-state index is -2.96. The summed E-state index contributed by atoms with van der Waals surface area (Å²) in [4.78, 5) is 0. The van der Waals surface area contributed by atoms with E-state index in [0.717, 1.165) is 17.3 Å². The molecule has 0 aliphatic carbocycles. The summed E-state index contributed by atoms with van der Waals surface area (Å²) in [5, 5.41) is 0. The van der Waals surface area contributed by atoms with Crippen LogP contribution in [-0.2, 0) is 10.0 Å². The van der Waals surface area contributed by atoms with Gasteiger partial charge >= 0.3 is 0 Å². The van der Waals surface area contributed by atoms with E-state index in [0.29, 0.717) is 13.1 Å². The van der Waals surface area contributed by atoms with Crippen molar-refractivity contribution in [3.63, 3.8) is 0 Å². The van der Waals surface area contributed by atoms with Gasteiger partial charge in [0.2, 0.25) is 10.0 Å². The fourth-order valence-electron chi connectivity index (χ4n) is 0.941. The molecular weight excluding hydrogens is 289 g/mol. The lowest BCUT2D eigenvalue weighted by Gasteiger charge is -2.16. The molecular formula is C7H16INO2S. The summed E-state index contributed by atoms with van der Waals surface area (Å²) < 4.78 is 24.8. The molecule has 0 bridgehead atoms. The van der Waals surface area contributed by atoms with Crippen LogP contribution in [-0.4, -0.2) is 36.5 Å². The maximum Gasteiger partial charge on any atom is 0.211 e. The fourth-order valence-corrected chi connectivity index (χ4v) is 2.41. The standard InChI is InChI=1S/C7H16INO2S/c1-3-9(12(2,10)11)7-5-4-6-8/h3-7H2,1-2H3. The van der Waals surface area contributed by atoms with Gasteiger partial charge in [0, 0.05) is 13.1 Å². The number of nitrogens with zero attached hydrogens (tertiary/aromatic N) is 1. The van der Waals surface area contributed by atoms with Gasteiger partial charge in [-0.3, -0.25) is 0 Å². The molecule has 0 unspecified atom stereocenters. The van der Waals surface area contributed by atoms with Gasteiger partial charge in [-0.25, -0.2) is 12.7 Å². The molecule has 0 saturated heterocycles. The number of hydrogen-bond acceptors (Lipinski definition) is 2. The largest absolute Gasteiger partial charge is 0.213 e. The molecule has 0 heterocycles. The second kappa shape index (κ2) is 6.15. The van der Waals surface area contributed by atoms with E-state index in [-0.39, 0.29) is 0 Å². The molecule has 0 aliphatic rings. The molecule has 3 nitrogen and oxygen atoms in total. The smallest absolute Gasteiger partial charge is 0.211 e. The Bertz CT molecular complexity index is 203. The Morgan fingerprint density at radius 3 is 2.25 bits per heavy atom. The zero-order valence-electron chi connectivity index (χ0n) is 7.59. The zero-order valence-corrected chi connectivity index (χ0v) is 10.6. The van der Waals surface area contributed by atoms with E-state index in [1.165, 1.54) is 10.6 Å². The Hall–Kier alpha value is 0.640. The monoisotopic (exact) mass is 305 g/mol. The molecule has 0 N–H and O–H groups in total. The number of sulfonamides is 1. The van der Waals surface area contributed by atoms with Gasteiger partial charge in [-0.1, -0.05) is 29.5 Å². The summed E-state index contributed by atoms with van der Waals surface area (Å²) >= 11 is 2.30. The van der Waals surface area contributed by atoms with Crippen molar-refractivity contribution in [2.45, 2.75) is 19.8 Å². The first kappa shape index (κ1) is 12.6. The lowest BCUT2D eigenvalue weighted by Crippen LogP contribution is -2.30. The average Bonchev–Trinajstić information content (AvgIpc) is 1.95. The lowest BCUT2D eigenvalue weighted by molar-refractivity contribution is 0.424. The zero-order chi connectivity index (χ0) is 9.61. The summed E-state index contributed by atoms with van der Waals surface area (Å²) in [7, 11) is -2.96. The average molecular weight is 305 g/mol. The summed E-state index contributed by atoms with van der Waals surface area (Å²) in [5.41, 5.74) is 0. The Labute approximate surface area is 88.7 Å². The third kappa shape index (κ3) is 5.31. The van der Waals surface area contributed by atoms with E-state index >= 15 is 0 Å². The number of alkyl halides is 1. The van der Waals surface area contributed by atoms with Crippen LogP contribution >= 0.6 is 22.6 Å². The van der Waals surface area contributed by atoms with Crippen molar-refractivity contribution < 1.29 is 8.42 Å². The predicted octanol–water partition coefficient (Wildman–Crippen LogP) is 1.48. The number of rotatable bonds is 6. The SMILES string of the molecule is CCN(CCCCI)S(C)(=O)=O. The van der Waals surface area contributed by atoms with Crippen molar-refractivity contribution in [3.8, 4) is 0 Å². The molecule has 0 aromatic heterocycles. The molecule has 0 aromatic rings. The van der Waals surface area contributed by atoms with E-state index in [9.17, 15) is 8.42 Å². The summed E-state index contributed by atoms with van der Waals surface area (Å²) in [6.07, 6.45) is 3.32. The molecule has 12 heavy (non-hydrogen) atoms. The van der Waals surface area contributed by atoms with E-state index in [4.69, 9.17) is 0 Å². The van der Waals surface area contributed by atoms with Crippen LogP contribution in [0, 0.1) is 0 Å². The van der Waals surface area contributed by atoms with Gasteiger partial charge in [0.15, 0.2) is 0 Å². The van der Waals surface area contributed by atoms with E-state index in [2.05, 4.69) is 22.6 Å². The normalized spacial score (nSPS) is 12.3. The van der Waals surface area contributed by atoms with Crippen molar-refractivity contribution in [2.24, 2.45) is 0 Å². The van der Waals surface area contributed by atoms with Crippen LogP contribution in [0.25, 0.3) is 0 Å². The third-order valence-electron chi connectivity index (χ3n) is 1.61. The van der Waals surface area contributed by atoms with Gasteiger partial charge in [-0.15, -0.1) is 0 Å². The predicted molar refractivity (Wildman–Crippen MR) is 60.2 cm³/mol. The quantitative estimate of drug-likeness (QED) is 0.423. The summed E-state index contributed by atoms with van der Waals surface area (Å²) in [6.45, 7) is 3.11. The van der Waals surface area contributed by atoms with Crippen molar-refractivity contribution in [1.29, 1.82) is 0 Å². The highest BCUT2D eigenvalue weighted by atomic mass is 127. The van der Waals surface area contributed by atoms with Crippen LogP contribution in [0.15, 0.2) is 0 Å². The Kier molecular flexibility index (Phi) is 6.48. The molecule has 0 radical (unpaired) electrons. The first-order valence-corrected chi connectivity index (χ1v) is 7.40. The second-order valence-electron chi connectivity index (χ2n) is 2.65. The van der Waals surface area contributed by atoms with Gasteiger partial charge in [0.1, 0.15) is 0 Å². The van der Waals surface area contributed by atoms with Crippen LogP contribution in [0.4, 0.5) is 0 Å². The van der Waals surface area contributed by atoms with Crippen LogP contribution in [0.2, 0.25) is 0 Å². The molecule has 5 heteroatoms. The van der Waals surface area contributed by atoms with Gasteiger partial charge in [0.05, 0.1) is 6.26 Å². The maximum atomic E-state index is 11.1. The Morgan fingerprint density at radius 1 is 1.33 bits per heavy atom. The molecule has 0 saturated carbocycles. The van der Waals surface area contributed by atoms with Gasteiger partial charge in [-0.2, -0.15) is 0 Å². The summed E-state index contributed by atoms with van der Waals surface area (Å²) in [5.74, 6) is 0. The molecule has 0 aliphatic heterocycles. The molecule has 0 atom stereocenters. The Balaban J connectivity index is 3.85. The number of unbranched alkanes of at least 4 members (excludes halogenated alkanes) is 1. The minimum Gasteiger partial charge on any atom is -0.213 e. The first-order chi connectivity index (χ1) is 5.52. The first-order valence-electron chi connectivity index (χ1n) is 4.03. The topological polar surface area (TPSA) is 37.4 Å². The molecule has 0 amide bonds. The summed E-state index contributed by atoms with van der Waals surface area (Å²) in [6, 6.07) is 0. The van der Waals surface area contributed by atoms with E-state index in [1.807, 2.05) is 6.92 Å². The highest BCUT2D eigenvalue weighted by Gasteiger charge is 2.12. The van der Waals surface area contributed by atoms with Crippen LogP contribution in [0.1, 0.15) is 19.8 Å². The molecule has 0 aromatic carbocycles. The van der Waals surface area contributed by atoms with Crippen molar-refractivity contribution in [3.05, 3.63) is 0 Å². The van der Waals surface area contributed by atoms with E-state index in [1.54, 1.807) is 0 Å². The lowest BCUT2D eigenvalue weighted by atomic mass is 10.3. The Morgan fingerprint density at radius 2 is 1.92 bits per heavy atom. The molecule has 74 valence electrons. The van der Waals surface area contributed by atoms with Gasteiger partial charge in [-0.05, 0) is 17.3 Å². The van der Waals surface area contributed by atoms with Crippen molar-refractivity contribution >= 4 is 32.6 Å². The van der Waals surface area contributed by atoms with Gasteiger partial charge in [0.25, 0.3) is 0 Å². The second-order valence-corrected chi connectivity index (χ2v) is 5.71. The fraction of sp³-hybridized carbons (Fsp3) is 1.00. The molecule has 0 rings (SSSR count). The highest BCUT2D eigenvalue weighted by molar-refractivity contribution is 14.1.